The van der Waals surface area contributed by atoms with Crippen molar-refractivity contribution in [1.82, 2.24) is 25.9 Å². The number of rotatable bonds is 8. The van der Waals surface area contributed by atoms with Crippen LogP contribution in [0.25, 0.3) is 0 Å². The van der Waals surface area contributed by atoms with Crippen LogP contribution in [0.15, 0.2) is 52.9 Å². The first kappa shape index (κ1) is 23.7. The molecule has 0 aliphatic carbocycles. The van der Waals surface area contributed by atoms with Gasteiger partial charge in [-0.3, -0.25) is 15.0 Å². The standard InChI is InChI=1S/C23H24N6O3S2/c1-4-23(16-10-6-5-7-11-16)19(31)29(21(32)25-23)28-18(30)13-33-22-27-26-20(34-22)24-17-12-8-9-14(2)15(17)3/h5-12H,4,13H2,1-3H3,(H,24,26)(H,25,32)(H,28,30). The summed E-state index contributed by atoms with van der Waals surface area (Å²) >= 11 is 2.50. The van der Waals surface area contributed by atoms with Gasteiger partial charge in [0.25, 0.3) is 5.91 Å². The smallest absolute Gasteiger partial charge is 0.330 e. The van der Waals surface area contributed by atoms with E-state index in [0.717, 1.165) is 16.3 Å². The van der Waals surface area contributed by atoms with Crippen molar-refractivity contribution in [1.29, 1.82) is 0 Å². The van der Waals surface area contributed by atoms with Gasteiger partial charge in [-0.1, -0.05) is 72.5 Å². The predicted molar refractivity (Wildman–Crippen MR) is 132 cm³/mol. The molecule has 0 bridgehead atoms. The summed E-state index contributed by atoms with van der Waals surface area (Å²) in [7, 11) is 0. The van der Waals surface area contributed by atoms with E-state index in [1.807, 2.05) is 45.0 Å². The molecule has 0 radical (unpaired) electrons. The number of thioether (sulfide) groups is 1. The lowest BCUT2D eigenvalue weighted by Gasteiger charge is -2.25. The number of benzene rings is 2. The van der Waals surface area contributed by atoms with Gasteiger partial charge < -0.3 is 10.6 Å². The van der Waals surface area contributed by atoms with E-state index in [1.54, 1.807) is 24.3 Å². The van der Waals surface area contributed by atoms with Crippen LogP contribution in [0, 0.1) is 13.8 Å². The number of hydrazine groups is 1. The number of urea groups is 1. The number of hydrogen-bond donors (Lipinski definition) is 3. The van der Waals surface area contributed by atoms with Crippen molar-refractivity contribution >= 4 is 51.8 Å². The van der Waals surface area contributed by atoms with Gasteiger partial charge in [-0.2, -0.15) is 5.01 Å². The van der Waals surface area contributed by atoms with Crippen LogP contribution in [0.2, 0.25) is 0 Å². The third-order valence-electron chi connectivity index (χ3n) is 5.70. The summed E-state index contributed by atoms with van der Waals surface area (Å²) in [6, 6.07) is 14.3. The Kier molecular flexibility index (Phi) is 6.85. The number of carbonyl (C=O) groups excluding carboxylic acids is 3. The molecule has 1 saturated heterocycles. The van der Waals surface area contributed by atoms with Crippen molar-refractivity contribution < 1.29 is 14.4 Å². The normalized spacial score (nSPS) is 17.6. The van der Waals surface area contributed by atoms with Gasteiger partial charge in [0.05, 0.1) is 5.75 Å². The number of aromatic nitrogens is 2. The first-order chi connectivity index (χ1) is 16.3. The lowest BCUT2D eigenvalue weighted by atomic mass is 9.87. The van der Waals surface area contributed by atoms with Crippen LogP contribution in [-0.4, -0.2) is 38.8 Å². The van der Waals surface area contributed by atoms with Gasteiger partial charge in [-0.25, -0.2) is 4.79 Å². The molecular weight excluding hydrogens is 472 g/mol. The lowest BCUT2D eigenvalue weighted by Crippen LogP contribution is -2.49. The maximum absolute atomic E-state index is 13.1. The predicted octanol–water partition coefficient (Wildman–Crippen LogP) is 3.88. The maximum atomic E-state index is 13.1. The van der Waals surface area contributed by atoms with E-state index >= 15 is 0 Å². The van der Waals surface area contributed by atoms with Crippen LogP contribution < -0.4 is 16.1 Å². The molecule has 1 atom stereocenters. The second-order valence-electron chi connectivity index (χ2n) is 7.76. The van der Waals surface area contributed by atoms with Crippen LogP contribution in [0.4, 0.5) is 15.6 Å². The minimum atomic E-state index is -1.20. The topological polar surface area (TPSA) is 116 Å². The fraction of sp³-hybridized carbons (Fsp3) is 0.261. The lowest BCUT2D eigenvalue weighted by molar-refractivity contribution is -0.138. The average molecular weight is 497 g/mol. The zero-order chi connectivity index (χ0) is 24.3. The number of nitrogens with zero attached hydrogens (tertiary/aromatic N) is 3. The fourth-order valence-corrected chi connectivity index (χ4v) is 5.20. The number of hydrogen-bond acceptors (Lipinski definition) is 8. The summed E-state index contributed by atoms with van der Waals surface area (Å²) in [5.74, 6) is -1.03. The average Bonchev–Trinajstić information content (AvgIpc) is 3.39. The highest BCUT2D eigenvalue weighted by molar-refractivity contribution is 8.01. The van der Waals surface area contributed by atoms with E-state index in [9.17, 15) is 14.4 Å². The molecule has 9 nitrogen and oxygen atoms in total. The summed E-state index contributed by atoms with van der Waals surface area (Å²) in [4.78, 5) is 38.1. The molecule has 0 saturated carbocycles. The molecule has 11 heteroatoms. The molecule has 2 heterocycles. The fourth-order valence-electron chi connectivity index (χ4n) is 3.64. The Morgan fingerprint density at radius 2 is 1.88 bits per heavy atom. The molecule has 1 aliphatic heterocycles. The molecule has 0 spiro atoms. The summed E-state index contributed by atoms with van der Waals surface area (Å²) < 4.78 is 0.590. The third-order valence-corrected chi connectivity index (χ3v) is 7.68. The number of amides is 4. The SMILES string of the molecule is CCC1(c2ccccc2)NC(=O)N(NC(=O)CSc2nnc(Nc3cccc(C)c3C)s2)C1=O. The Bertz CT molecular complexity index is 1230. The Balaban J connectivity index is 1.36. The quantitative estimate of drug-likeness (QED) is 0.320. The summed E-state index contributed by atoms with van der Waals surface area (Å²) in [6.07, 6.45) is 0.351. The van der Waals surface area contributed by atoms with Crippen LogP contribution in [0.5, 0.6) is 0 Å². The molecule has 2 aromatic carbocycles. The van der Waals surface area contributed by atoms with Crippen LogP contribution in [0.3, 0.4) is 0 Å². The van der Waals surface area contributed by atoms with Crippen molar-refractivity contribution in [2.24, 2.45) is 0 Å². The van der Waals surface area contributed by atoms with E-state index in [4.69, 9.17) is 0 Å². The van der Waals surface area contributed by atoms with E-state index in [0.29, 0.717) is 21.5 Å². The van der Waals surface area contributed by atoms with Gasteiger partial charge in [-0.05, 0) is 43.0 Å². The van der Waals surface area contributed by atoms with Gasteiger partial charge in [-0.15, -0.1) is 10.2 Å². The molecule has 1 aromatic heterocycles. The van der Waals surface area contributed by atoms with E-state index < -0.39 is 23.4 Å². The molecule has 3 N–H and O–H groups in total. The van der Waals surface area contributed by atoms with Crippen LogP contribution in [0.1, 0.15) is 30.0 Å². The van der Waals surface area contributed by atoms with Crippen LogP contribution in [-0.2, 0) is 15.1 Å². The summed E-state index contributed by atoms with van der Waals surface area (Å²) in [6.45, 7) is 5.88. The molecule has 4 rings (SSSR count). The van der Waals surface area contributed by atoms with Gasteiger partial charge in [0, 0.05) is 5.69 Å². The Hall–Kier alpha value is -3.44. The highest BCUT2D eigenvalue weighted by Gasteiger charge is 2.52. The van der Waals surface area contributed by atoms with Crippen LogP contribution >= 0.6 is 23.1 Å². The number of carbonyl (C=O) groups is 3. The molecule has 1 aliphatic rings. The number of anilines is 2. The first-order valence-corrected chi connectivity index (χ1v) is 12.5. The molecule has 176 valence electrons. The van der Waals surface area contributed by atoms with Crippen molar-refractivity contribution in [2.45, 2.75) is 37.1 Å². The molecule has 3 aromatic rings. The van der Waals surface area contributed by atoms with Gasteiger partial charge in [0.1, 0.15) is 5.54 Å². The van der Waals surface area contributed by atoms with Crippen molar-refractivity contribution in [3.8, 4) is 0 Å². The largest absolute Gasteiger partial charge is 0.344 e. The number of nitrogens with one attached hydrogen (secondary N) is 3. The van der Waals surface area contributed by atoms with Crippen molar-refractivity contribution in [3.05, 3.63) is 65.2 Å². The van der Waals surface area contributed by atoms with Gasteiger partial charge in [0.2, 0.25) is 11.0 Å². The summed E-state index contributed by atoms with van der Waals surface area (Å²) in [5.41, 5.74) is 5.12. The third kappa shape index (κ3) is 4.62. The van der Waals surface area contributed by atoms with E-state index in [2.05, 4.69) is 26.3 Å². The molecule has 1 fully saturated rings. The molecule has 1 unspecified atom stereocenters. The second kappa shape index (κ2) is 9.82. The highest BCUT2D eigenvalue weighted by atomic mass is 32.2. The van der Waals surface area contributed by atoms with Gasteiger partial charge >= 0.3 is 6.03 Å². The molecular formula is C23H24N6O3S2. The van der Waals surface area contributed by atoms with Gasteiger partial charge in [0.15, 0.2) is 4.34 Å². The molecule has 4 amide bonds. The zero-order valence-corrected chi connectivity index (χ0v) is 20.5. The second-order valence-corrected chi connectivity index (χ2v) is 9.96. The Morgan fingerprint density at radius 3 is 2.62 bits per heavy atom. The maximum Gasteiger partial charge on any atom is 0.344 e. The first-order valence-electron chi connectivity index (χ1n) is 10.7. The minimum Gasteiger partial charge on any atom is -0.330 e. The van der Waals surface area contributed by atoms with Crippen molar-refractivity contribution in [2.75, 3.05) is 11.1 Å². The zero-order valence-electron chi connectivity index (χ0n) is 18.9. The monoisotopic (exact) mass is 496 g/mol. The van der Waals surface area contributed by atoms with E-state index in [1.165, 1.54) is 28.7 Å². The van der Waals surface area contributed by atoms with E-state index in [-0.39, 0.29) is 5.75 Å². The number of imide groups is 1. The van der Waals surface area contributed by atoms with Crippen molar-refractivity contribution in [3.63, 3.8) is 0 Å². The highest BCUT2D eigenvalue weighted by Crippen LogP contribution is 2.32. The molecule has 34 heavy (non-hydrogen) atoms. The Morgan fingerprint density at radius 1 is 1.12 bits per heavy atom. The number of aryl methyl sites for hydroxylation is 1. The Labute approximate surface area is 205 Å². The summed E-state index contributed by atoms with van der Waals surface area (Å²) in [5, 5.41) is 15.6. The minimum absolute atomic E-state index is 0.0281.